The second-order valence-electron chi connectivity index (χ2n) is 4.79. The van der Waals surface area contributed by atoms with E-state index in [9.17, 15) is 9.59 Å². The zero-order valence-electron chi connectivity index (χ0n) is 10.7. The summed E-state index contributed by atoms with van der Waals surface area (Å²) in [5.41, 5.74) is 5.91. The van der Waals surface area contributed by atoms with Gasteiger partial charge < -0.3 is 5.73 Å². The molecular weight excluding hydrogens is 360 g/mol. The first-order chi connectivity index (χ1) is 9.95. The van der Waals surface area contributed by atoms with Gasteiger partial charge in [0.1, 0.15) is 5.82 Å². The van der Waals surface area contributed by atoms with Crippen LogP contribution in [0.5, 0.6) is 0 Å². The van der Waals surface area contributed by atoms with Gasteiger partial charge in [-0.3, -0.25) is 14.5 Å². The fourth-order valence-electron chi connectivity index (χ4n) is 2.37. The molecule has 0 radical (unpaired) electrons. The minimum atomic E-state index is -0.506. The second-order valence-corrected chi connectivity index (χ2v) is 6.04. The van der Waals surface area contributed by atoms with E-state index in [2.05, 4.69) is 25.9 Å². The van der Waals surface area contributed by atoms with Gasteiger partial charge in [-0.2, -0.15) is 4.98 Å². The summed E-state index contributed by atoms with van der Waals surface area (Å²) in [7, 11) is 0. The number of primary amides is 1. The average Bonchev–Trinajstić information content (AvgIpc) is 2.80. The van der Waals surface area contributed by atoms with Crippen molar-refractivity contribution in [1.29, 1.82) is 0 Å². The maximum absolute atomic E-state index is 12.1. The third-order valence-corrected chi connectivity index (χ3v) is 4.06. The van der Waals surface area contributed by atoms with E-state index in [1.54, 1.807) is 6.07 Å². The first-order valence-corrected chi connectivity index (χ1v) is 7.35. The molecule has 1 aromatic heterocycles. The summed E-state index contributed by atoms with van der Waals surface area (Å²) in [4.78, 5) is 33.1. The molecule has 1 aromatic carbocycles. The molecule has 6 nitrogen and oxygen atoms in total. The number of carbonyl (C=O) groups excluding carboxylic acids is 2. The molecule has 0 bridgehead atoms. The van der Waals surface area contributed by atoms with Crippen LogP contribution in [0, 0.1) is 5.92 Å². The minimum absolute atomic E-state index is 0.0511. The Labute approximate surface area is 133 Å². The van der Waals surface area contributed by atoms with E-state index in [1.165, 1.54) is 4.90 Å². The Morgan fingerprint density at radius 1 is 1.43 bits per heavy atom. The van der Waals surface area contributed by atoms with Gasteiger partial charge in [-0.05, 0) is 29.8 Å². The molecule has 0 saturated carbocycles. The van der Waals surface area contributed by atoms with Crippen molar-refractivity contribution in [3.63, 3.8) is 0 Å². The van der Waals surface area contributed by atoms with Crippen molar-refractivity contribution < 1.29 is 9.59 Å². The molecule has 21 heavy (non-hydrogen) atoms. The van der Waals surface area contributed by atoms with Crippen LogP contribution in [-0.4, -0.2) is 28.3 Å². The summed E-state index contributed by atoms with van der Waals surface area (Å²) < 4.78 is 0.834. The molecule has 2 N–H and O–H groups in total. The predicted molar refractivity (Wildman–Crippen MR) is 81.9 cm³/mol. The fraction of sp³-hybridized carbons (Fsp3) is 0.231. The zero-order chi connectivity index (χ0) is 15.1. The molecule has 0 aliphatic carbocycles. The third kappa shape index (κ3) is 2.58. The number of carbonyl (C=O) groups is 2. The van der Waals surface area contributed by atoms with Gasteiger partial charge >= 0.3 is 0 Å². The summed E-state index contributed by atoms with van der Waals surface area (Å²) >= 11 is 9.30. The number of halogens is 2. The van der Waals surface area contributed by atoms with Crippen LogP contribution >= 0.6 is 27.5 Å². The normalized spacial score (nSPS) is 18.5. The number of amides is 2. The van der Waals surface area contributed by atoms with Gasteiger partial charge in [0.25, 0.3) is 0 Å². The SMILES string of the molecule is NC(=O)C1CC(=O)N(c2nc(Cl)nc3ccc(Br)cc23)C1. The van der Waals surface area contributed by atoms with Crippen LogP contribution in [0.4, 0.5) is 5.82 Å². The minimum Gasteiger partial charge on any atom is -0.369 e. The molecule has 1 aliphatic rings. The van der Waals surface area contributed by atoms with E-state index in [0.29, 0.717) is 16.7 Å². The largest absolute Gasteiger partial charge is 0.369 e. The number of rotatable bonds is 2. The molecule has 1 unspecified atom stereocenters. The second kappa shape index (κ2) is 5.23. The van der Waals surface area contributed by atoms with Crippen LogP contribution in [0.25, 0.3) is 10.9 Å². The highest BCUT2D eigenvalue weighted by atomic mass is 79.9. The molecule has 2 aromatic rings. The number of benzene rings is 1. The Hall–Kier alpha value is -1.73. The quantitative estimate of drug-likeness (QED) is 0.819. The van der Waals surface area contributed by atoms with Crippen LogP contribution in [0.3, 0.4) is 0 Å². The van der Waals surface area contributed by atoms with Crippen LogP contribution in [0.1, 0.15) is 6.42 Å². The van der Waals surface area contributed by atoms with E-state index in [4.69, 9.17) is 17.3 Å². The summed E-state index contributed by atoms with van der Waals surface area (Å²) in [6, 6.07) is 5.42. The number of hydrogen-bond donors (Lipinski definition) is 1. The predicted octanol–water partition coefficient (Wildman–Crippen LogP) is 1.88. The molecule has 1 aliphatic heterocycles. The first kappa shape index (κ1) is 14.2. The van der Waals surface area contributed by atoms with Crippen molar-refractivity contribution in [2.24, 2.45) is 11.7 Å². The summed E-state index contributed by atoms with van der Waals surface area (Å²) in [6.07, 6.45) is 0.0897. The van der Waals surface area contributed by atoms with Gasteiger partial charge in [-0.25, -0.2) is 4.98 Å². The number of nitrogens with zero attached hydrogens (tertiary/aromatic N) is 3. The Bertz CT molecular complexity index is 767. The lowest BCUT2D eigenvalue weighted by atomic mass is 10.1. The lowest BCUT2D eigenvalue weighted by Crippen LogP contribution is -2.29. The highest BCUT2D eigenvalue weighted by Crippen LogP contribution is 2.32. The smallest absolute Gasteiger partial charge is 0.229 e. The van der Waals surface area contributed by atoms with Crippen molar-refractivity contribution in [3.8, 4) is 0 Å². The van der Waals surface area contributed by atoms with E-state index >= 15 is 0 Å². The van der Waals surface area contributed by atoms with Gasteiger partial charge in [-0.1, -0.05) is 15.9 Å². The molecule has 1 saturated heterocycles. The van der Waals surface area contributed by atoms with Crippen LogP contribution < -0.4 is 10.6 Å². The standard InChI is InChI=1S/C13H10BrClN4O2/c14-7-1-2-9-8(4-7)12(18-13(15)17-9)19-5-6(11(16)21)3-10(19)20/h1-2,4,6H,3,5H2,(H2,16,21). The van der Waals surface area contributed by atoms with E-state index in [0.717, 1.165) is 4.47 Å². The molecule has 2 amide bonds. The molecule has 1 atom stereocenters. The maximum Gasteiger partial charge on any atom is 0.229 e. The van der Waals surface area contributed by atoms with E-state index in [1.807, 2.05) is 12.1 Å². The zero-order valence-corrected chi connectivity index (χ0v) is 13.1. The van der Waals surface area contributed by atoms with E-state index < -0.39 is 11.8 Å². The van der Waals surface area contributed by atoms with Gasteiger partial charge in [0.05, 0.1) is 11.4 Å². The van der Waals surface area contributed by atoms with Gasteiger partial charge in [0, 0.05) is 22.8 Å². The number of anilines is 1. The monoisotopic (exact) mass is 368 g/mol. The Morgan fingerprint density at radius 2 is 2.19 bits per heavy atom. The number of aromatic nitrogens is 2. The summed E-state index contributed by atoms with van der Waals surface area (Å²) in [6.45, 7) is 0.211. The Kier molecular flexibility index (Phi) is 3.54. The molecule has 0 spiro atoms. The van der Waals surface area contributed by atoms with Gasteiger partial charge in [-0.15, -0.1) is 0 Å². The molecule has 2 heterocycles. The molecule has 8 heteroatoms. The third-order valence-electron chi connectivity index (χ3n) is 3.39. The first-order valence-electron chi connectivity index (χ1n) is 6.18. The molecule has 108 valence electrons. The average molecular weight is 370 g/mol. The lowest BCUT2D eigenvalue weighted by molar-refractivity contribution is -0.123. The number of nitrogens with two attached hydrogens (primary N) is 1. The highest BCUT2D eigenvalue weighted by Gasteiger charge is 2.35. The van der Waals surface area contributed by atoms with Crippen molar-refractivity contribution in [1.82, 2.24) is 9.97 Å². The van der Waals surface area contributed by atoms with Crippen LogP contribution in [-0.2, 0) is 9.59 Å². The number of hydrogen-bond acceptors (Lipinski definition) is 4. The van der Waals surface area contributed by atoms with Crippen molar-refractivity contribution in [3.05, 3.63) is 28.0 Å². The van der Waals surface area contributed by atoms with E-state index in [-0.39, 0.29) is 24.2 Å². The lowest BCUT2D eigenvalue weighted by Gasteiger charge is -2.17. The van der Waals surface area contributed by atoms with Crippen molar-refractivity contribution in [2.75, 3.05) is 11.4 Å². The van der Waals surface area contributed by atoms with Crippen LogP contribution in [0.15, 0.2) is 22.7 Å². The number of fused-ring (bicyclic) bond motifs is 1. The Morgan fingerprint density at radius 3 is 2.86 bits per heavy atom. The van der Waals surface area contributed by atoms with Crippen molar-refractivity contribution >= 4 is 56.1 Å². The highest BCUT2D eigenvalue weighted by molar-refractivity contribution is 9.10. The molecular formula is C13H10BrClN4O2. The van der Waals surface area contributed by atoms with Crippen molar-refractivity contribution in [2.45, 2.75) is 6.42 Å². The van der Waals surface area contributed by atoms with Gasteiger partial charge in [0.15, 0.2) is 0 Å². The Balaban J connectivity index is 2.14. The molecule has 3 rings (SSSR count). The summed E-state index contributed by atoms with van der Waals surface area (Å²) in [5.74, 6) is -0.792. The molecule has 1 fully saturated rings. The van der Waals surface area contributed by atoms with Crippen LogP contribution in [0.2, 0.25) is 5.28 Å². The summed E-state index contributed by atoms with van der Waals surface area (Å²) in [5, 5.41) is 0.738. The topological polar surface area (TPSA) is 89.2 Å². The van der Waals surface area contributed by atoms with Gasteiger partial charge in [0.2, 0.25) is 17.1 Å². The maximum atomic E-state index is 12.1. The fourth-order valence-corrected chi connectivity index (χ4v) is 2.90.